The first-order valence-electron chi connectivity index (χ1n) is 9.15. The Hall–Kier alpha value is -2.12. The number of thioether (sulfide) groups is 2. The average molecular weight is 417 g/mol. The predicted octanol–water partition coefficient (Wildman–Crippen LogP) is 4.01. The molecule has 2 N–H and O–H groups in total. The first-order valence-corrected chi connectivity index (χ1v) is 11.2. The van der Waals surface area contributed by atoms with Crippen molar-refractivity contribution in [1.82, 2.24) is 10.9 Å². The fourth-order valence-corrected chi connectivity index (χ4v) is 5.77. The van der Waals surface area contributed by atoms with Crippen LogP contribution in [0, 0.1) is 13.8 Å². The van der Waals surface area contributed by atoms with Gasteiger partial charge in [-0.05, 0) is 72.7 Å². The number of ether oxygens (including phenoxy) is 1. The van der Waals surface area contributed by atoms with Crippen molar-refractivity contribution in [2.75, 3.05) is 18.1 Å². The molecule has 0 bridgehead atoms. The maximum atomic E-state index is 12.2. The Labute approximate surface area is 174 Å². The SMILES string of the molecule is Cc1cc(C)cc(OCC(=O)NNC(=O)c2ccc(C3SCCCS3)cc2)c1. The van der Waals surface area contributed by atoms with Gasteiger partial charge in [0.05, 0.1) is 4.58 Å². The molecular formula is C21H24N2O3S2. The zero-order valence-electron chi connectivity index (χ0n) is 16.0. The molecule has 0 spiro atoms. The highest BCUT2D eigenvalue weighted by Gasteiger charge is 2.17. The Balaban J connectivity index is 1.45. The van der Waals surface area contributed by atoms with Gasteiger partial charge in [-0.3, -0.25) is 20.4 Å². The van der Waals surface area contributed by atoms with Crippen molar-refractivity contribution in [3.8, 4) is 5.75 Å². The number of rotatable bonds is 5. The highest BCUT2D eigenvalue weighted by atomic mass is 32.2. The van der Waals surface area contributed by atoms with E-state index in [4.69, 9.17) is 4.74 Å². The van der Waals surface area contributed by atoms with Crippen LogP contribution in [-0.2, 0) is 4.79 Å². The van der Waals surface area contributed by atoms with Gasteiger partial charge in [-0.25, -0.2) is 0 Å². The lowest BCUT2D eigenvalue weighted by Crippen LogP contribution is -2.43. The van der Waals surface area contributed by atoms with Gasteiger partial charge in [0, 0.05) is 5.56 Å². The topological polar surface area (TPSA) is 67.4 Å². The van der Waals surface area contributed by atoms with Crippen LogP contribution >= 0.6 is 23.5 Å². The molecule has 0 saturated carbocycles. The second kappa shape index (κ2) is 9.89. The van der Waals surface area contributed by atoms with Gasteiger partial charge in [-0.15, -0.1) is 23.5 Å². The quantitative estimate of drug-likeness (QED) is 0.721. The fourth-order valence-electron chi connectivity index (χ4n) is 2.87. The summed E-state index contributed by atoms with van der Waals surface area (Å²) in [4.78, 5) is 24.1. The predicted molar refractivity (Wildman–Crippen MR) is 116 cm³/mol. The first-order chi connectivity index (χ1) is 13.5. The normalized spacial score (nSPS) is 14.4. The molecule has 2 aromatic rings. The molecule has 1 saturated heterocycles. The van der Waals surface area contributed by atoms with Gasteiger partial charge >= 0.3 is 0 Å². The minimum atomic E-state index is -0.417. The molecule has 1 aliphatic heterocycles. The number of nitrogens with one attached hydrogen (secondary N) is 2. The van der Waals surface area contributed by atoms with Gasteiger partial charge in [0.25, 0.3) is 11.8 Å². The van der Waals surface area contributed by atoms with Gasteiger partial charge in [0.2, 0.25) is 0 Å². The zero-order valence-corrected chi connectivity index (χ0v) is 17.6. The number of hydrogen-bond acceptors (Lipinski definition) is 5. The number of aryl methyl sites for hydroxylation is 2. The summed E-state index contributed by atoms with van der Waals surface area (Å²) in [7, 11) is 0. The van der Waals surface area contributed by atoms with E-state index in [1.807, 2.05) is 67.7 Å². The zero-order chi connectivity index (χ0) is 19.9. The van der Waals surface area contributed by atoms with Crippen LogP contribution in [0.1, 0.15) is 38.1 Å². The van der Waals surface area contributed by atoms with Crippen LogP contribution in [-0.4, -0.2) is 29.9 Å². The summed E-state index contributed by atoms with van der Waals surface area (Å²) in [5.41, 5.74) is 8.67. The van der Waals surface area contributed by atoms with Crippen molar-refractivity contribution < 1.29 is 14.3 Å². The van der Waals surface area contributed by atoms with Gasteiger partial charge < -0.3 is 4.74 Å². The van der Waals surface area contributed by atoms with Crippen LogP contribution in [0.25, 0.3) is 0 Å². The second-order valence-electron chi connectivity index (χ2n) is 6.66. The van der Waals surface area contributed by atoms with E-state index in [-0.39, 0.29) is 12.5 Å². The Bertz CT molecular complexity index is 814. The van der Waals surface area contributed by atoms with E-state index in [1.54, 1.807) is 12.1 Å². The van der Waals surface area contributed by atoms with Gasteiger partial charge in [-0.2, -0.15) is 0 Å². The van der Waals surface area contributed by atoms with Crippen LogP contribution in [0.3, 0.4) is 0 Å². The maximum Gasteiger partial charge on any atom is 0.276 e. The smallest absolute Gasteiger partial charge is 0.276 e. The van der Waals surface area contributed by atoms with Crippen molar-refractivity contribution in [1.29, 1.82) is 0 Å². The summed E-state index contributed by atoms with van der Waals surface area (Å²) in [6.45, 7) is 3.77. The minimum Gasteiger partial charge on any atom is -0.484 e. The van der Waals surface area contributed by atoms with E-state index in [9.17, 15) is 9.59 Å². The second-order valence-corrected chi connectivity index (χ2v) is 9.39. The van der Waals surface area contributed by atoms with E-state index in [2.05, 4.69) is 10.9 Å². The first kappa shape index (κ1) is 20.6. The lowest BCUT2D eigenvalue weighted by molar-refractivity contribution is -0.123. The van der Waals surface area contributed by atoms with Crippen molar-refractivity contribution in [3.05, 3.63) is 64.7 Å². The molecule has 0 unspecified atom stereocenters. The molecule has 1 heterocycles. The molecule has 1 fully saturated rings. The van der Waals surface area contributed by atoms with Crippen molar-refractivity contribution >= 4 is 35.3 Å². The molecule has 1 aliphatic rings. The van der Waals surface area contributed by atoms with Crippen LogP contribution in [0.2, 0.25) is 0 Å². The van der Waals surface area contributed by atoms with E-state index in [1.165, 1.54) is 23.5 Å². The Morgan fingerprint density at radius 3 is 2.29 bits per heavy atom. The Kier molecular flexibility index (Phi) is 7.28. The summed E-state index contributed by atoms with van der Waals surface area (Å²) in [5, 5.41) is 0. The number of hydrazine groups is 1. The number of hydrogen-bond donors (Lipinski definition) is 2. The summed E-state index contributed by atoms with van der Waals surface area (Å²) in [6.07, 6.45) is 1.25. The van der Waals surface area contributed by atoms with Crippen LogP contribution in [0.4, 0.5) is 0 Å². The Morgan fingerprint density at radius 1 is 1.00 bits per heavy atom. The third-order valence-corrected chi connectivity index (χ3v) is 7.17. The number of carbonyl (C=O) groups is 2. The maximum absolute atomic E-state index is 12.2. The lowest BCUT2D eigenvalue weighted by Gasteiger charge is -2.21. The van der Waals surface area contributed by atoms with Crippen LogP contribution in [0.5, 0.6) is 5.75 Å². The van der Waals surface area contributed by atoms with Crippen molar-refractivity contribution in [3.63, 3.8) is 0 Å². The van der Waals surface area contributed by atoms with Crippen LogP contribution < -0.4 is 15.6 Å². The molecule has 3 rings (SSSR count). The fraction of sp³-hybridized carbons (Fsp3) is 0.333. The van der Waals surface area contributed by atoms with E-state index >= 15 is 0 Å². The summed E-state index contributed by atoms with van der Waals surface area (Å²) in [6, 6.07) is 13.3. The van der Waals surface area contributed by atoms with Crippen LogP contribution in [0.15, 0.2) is 42.5 Å². The minimum absolute atomic E-state index is 0.168. The number of carbonyl (C=O) groups excluding carboxylic acids is 2. The lowest BCUT2D eigenvalue weighted by atomic mass is 10.1. The molecule has 0 atom stereocenters. The molecule has 148 valence electrons. The third kappa shape index (κ3) is 5.94. The van der Waals surface area contributed by atoms with Gasteiger partial charge in [0.15, 0.2) is 6.61 Å². The van der Waals surface area contributed by atoms with E-state index in [0.717, 1.165) is 11.1 Å². The molecule has 28 heavy (non-hydrogen) atoms. The summed E-state index contributed by atoms with van der Waals surface area (Å²) in [5.74, 6) is 2.22. The average Bonchev–Trinajstić information content (AvgIpc) is 2.70. The van der Waals surface area contributed by atoms with E-state index in [0.29, 0.717) is 15.9 Å². The van der Waals surface area contributed by atoms with E-state index < -0.39 is 5.91 Å². The molecular weight excluding hydrogens is 392 g/mol. The summed E-state index contributed by atoms with van der Waals surface area (Å²) >= 11 is 3.88. The Morgan fingerprint density at radius 2 is 1.64 bits per heavy atom. The number of amides is 2. The molecule has 5 nitrogen and oxygen atoms in total. The monoisotopic (exact) mass is 416 g/mol. The molecule has 2 amide bonds. The largest absolute Gasteiger partial charge is 0.484 e. The molecule has 0 aliphatic carbocycles. The van der Waals surface area contributed by atoms with Gasteiger partial charge in [0.1, 0.15) is 5.75 Å². The molecule has 7 heteroatoms. The number of benzene rings is 2. The standard InChI is InChI=1S/C21H24N2O3S2/c1-14-10-15(2)12-18(11-14)26-13-19(24)22-23-20(25)16-4-6-17(7-5-16)21-27-8-3-9-28-21/h4-7,10-12,21H,3,8-9,13H2,1-2H3,(H,22,24)(H,23,25). The molecule has 0 radical (unpaired) electrons. The highest BCUT2D eigenvalue weighted by Crippen LogP contribution is 2.43. The third-order valence-electron chi connectivity index (χ3n) is 4.15. The molecule has 0 aromatic heterocycles. The highest BCUT2D eigenvalue weighted by molar-refractivity contribution is 8.16. The summed E-state index contributed by atoms with van der Waals surface area (Å²) < 4.78 is 5.92. The molecule has 2 aromatic carbocycles. The van der Waals surface area contributed by atoms with Gasteiger partial charge in [-0.1, -0.05) is 18.2 Å². The van der Waals surface area contributed by atoms with Crippen molar-refractivity contribution in [2.24, 2.45) is 0 Å². The van der Waals surface area contributed by atoms with Crippen molar-refractivity contribution in [2.45, 2.75) is 24.9 Å².